The maximum absolute atomic E-state index is 14.6. The predicted molar refractivity (Wildman–Crippen MR) is 148 cm³/mol. The first-order chi connectivity index (χ1) is 19.9. The molecule has 0 spiro atoms. The van der Waals surface area contributed by atoms with Crippen LogP contribution in [-0.2, 0) is 9.53 Å². The zero-order valence-corrected chi connectivity index (χ0v) is 23.2. The van der Waals surface area contributed by atoms with Crippen LogP contribution in [0.4, 0.5) is 18.4 Å². The van der Waals surface area contributed by atoms with E-state index in [1.165, 1.54) is 13.2 Å². The van der Waals surface area contributed by atoms with Crippen molar-refractivity contribution in [2.24, 2.45) is 0 Å². The van der Waals surface area contributed by atoms with Gasteiger partial charge in [0.05, 0.1) is 12.6 Å². The van der Waals surface area contributed by atoms with E-state index < -0.39 is 23.6 Å². The lowest BCUT2D eigenvalue weighted by molar-refractivity contribution is -0.133. The van der Waals surface area contributed by atoms with Gasteiger partial charge < -0.3 is 30.1 Å². The zero-order valence-electron chi connectivity index (χ0n) is 23.2. The van der Waals surface area contributed by atoms with Gasteiger partial charge in [-0.15, -0.1) is 0 Å². The van der Waals surface area contributed by atoms with Crippen molar-refractivity contribution in [2.45, 2.75) is 49.7 Å². The minimum Gasteiger partial charge on any atom is -0.383 e. The van der Waals surface area contributed by atoms with Crippen molar-refractivity contribution in [1.29, 1.82) is 0 Å². The molecule has 5 rings (SSSR count). The molecule has 0 bridgehead atoms. The van der Waals surface area contributed by atoms with Gasteiger partial charge in [-0.25, -0.2) is 18.4 Å². The highest BCUT2D eigenvalue weighted by molar-refractivity contribution is 5.87. The molecule has 9 nitrogen and oxygen atoms in total. The molecule has 3 aliphatic rings. The number of carbonyl (C=O) groups is 3. The highest BCUT2D eigenvalue weighted by Gasteiger charge is 2.38. The second-order valence-corrected chi connectivity index (χ2v) is 11.0. The largest absolute Gasteiger partial charge is 0.383 e. The Kier molecular flexibility index (Phi) is 9.02. The van der Waals surface area contributed by atoms with Gasteiger partial charge in [0.1, 0.15) is 6.04 Å². The number of urea groups is 2. The molecule has 0 aliphatic carbocycles. The van der Waals surface area contributed by atoms with Crippen LogP contribution in [0.25, 0.3) is 0 Å². The molecule has 5 amide bonds. The molecule has 0 aromatic heterocycles. The SMILES string of the molecule is COCCN1C[C@H](c2cccc(F)c2F)CC[C@@H](NC(=O)N2CCC(N3CC(c4ccccc4)NC3=O)CC2)C1=O. The average Bonchev–Trinajstić information content (AvgIpc) is 3.32. The molecule has 3 atom stereocenters. The number of amides is 5. The summed E-state index contributed by atoms with van der Waals surface area (Å²) in [4.78, 5) is 44.5. The fourth-order valence-electron chi connectivity index (χ4n) is 6.15. The van der Waals surface area contributed by atoms with Crippen molar-refractivity contribution in [3.8, 4) is 0 Å². The van der Waals surface area contributed by atoms with E-state index in [2.05, 4.69) is 10.6 Å². The average molecular weight is 570 g/mol. The van der Waals surface area contributed by atoms with E-state index in [4.69, 9.17) is 4.74 Å². The molecule has 0 saturated carbocycles. The molecule has 3 fully saturated rings. The van der Waals surface area contributed by atoms with Gasteiger partial charge in [-0.1, -0.05) is 42.5 Å². The lowest BCUT2D eigenvalue weighted by atomic mass is 9.93. The predicted octanol–water partition coefficient (Wildman–Crippen LogP) is 3.63. The van der Waals surface area contributed by atoms with Crippen molar-refractivity contribution < 1.29 is 27.9 Å². The van der Waals surface area contributed by atoms with E-state index in [0.29, 0.717) is 45.3 Å². The number of benzene rings is 2. The third-order valence-corrected chi connectivity index (χ3v) is 8.47. The molecule has 3 saturated heterocycles. The number of methoxy groups -OCH3 is 1. The smallest absolute Gasteiger partial charge is 0.318 e. The van der Waals surface area contributed by atoms with Gasteiger partial charge in [0.25, 0.3) is 0 Å². The lowest BCUT2D eigenvalue weighted by Crippen LogP contribution is -2.55. The van der Waals surface area contributed by atoms with Gasteiger partial charge in [0.15, 0.2) is 11.6 Å². The van der Waals surface area contributed by atoms with E-state index in [1.54, 1.807) is 15.9 Å². The monoisotopic (exact) mass is 569 g/mol. The number of hydrogen-bond acceptors (Lipinski definition) is 4. The van der Waals surface area contributed by atoms with Crippen LogP contribution in [0, 0.1) is 11.6 Å². The summed E-state index contributed by atoms with van der Waals surface area (Å²) >= 11 is 0. The first kappa shape index (κ1) is 28.8. The molecule has 2 aromatic rings. The van der Waals surface area contributed by atoms with Crippen molar-refractivity contribution in [3.63, 3.8) is 0 Å². The van der Waals surface area contributed by atoms with Crippen LogP contribution in [0.3, 0.4) is 0 Å². The fraction of sp³-hybridized carbons (Fsp3) is 0.500. The van der Waals surface area contributed by atoms with Gasteiger partial charge in [-0.05, 0) is 42.9 Å². The van der Waals surface area contributed by atoms with Crippen molar-refractivity contribution >= 4 is 18.0 Å². The molecule has 0 radical (unpaired) electrons. The Morgan fingerprint density at radius 1 is 1.00 bits per heavy atom. The maximum atomic E-state index is 14.6. The quantitative estimate of drug-likeness (QED) is 0.533. The van der Waals surface area contributed by atoms with Gasteiger partial charge in [0.2, 0.25) is 5.91 Å². The Hall–Kier alpha value is -3.73. The molecule has 11 heteroatoms. The molecule has 2 N–H and O–H groups in total. The first-order valence-corrected chi connectivity index (χ1v) is 14.2. The summed E-state index contributed by atoms with van der Waals surface area (Å²) in [6, 6.07) is 12.7. The van der Waals surface area contributed by atoms with Gasteiger partial charge >= 0.3 is 12.1 Å². The Labute approximate surface area is 238 Å². The standard InChI is InChI=1S/C30H37F2N5O4/c1-41-17-16-36-18-21(23-8-5-9-24(31)27(23)32)10-11-25(28(36)38)33-29(39)35-14-12-22(13-15-35)37-19-26(34-30(37)40)20-6-3-2-4-7-20/h2-9,21-22,25-26H,10-19H2,1H3,(H,33,39)(H,34,40)/t21-,25-,26?/m1/s1. The fourth-order valence-corrected chi connectivity index (χ4v) is 6.15. The van der Waals surface area contributed by atoms with Crippen molar-refractivity contribution in [1.82, 2.24) is 25.3 Å². The summed E-state index contributed by atoms with van der Waals surface area (Å²) in [5.74, 6) is -2.48. The van der Waals surface area contributed by atoms with Crippen LogP contribution in [0.15, 0.2) is 48.5 Å². The van der Waals surface area contributed by atoms with E-state index >= 15 is 0 Å². The molecular weight excluding hydrogens is 532 g/mol. The Bertz CT molecular complexity index is 1240. The Balaban J connectivity index is 1.19. The third-order valence-electron chi connectivity index (χ3n) is 8.47. The summed E-state index contributed by atoms with van der Waals surface area (Å²) in [5.41, 5.74) is 1.30. The molecule has 220 valence electrons. The second-order valence-electron chi connectivity index (χ2n) is 11.0. The number of carbonyl (C=O) groups excluding carboxylic acids is 3. The summed E-state index contributed by atoms with van der Waals surface area (Å²) < 4.78 is 33.7. The van der Waals surface area contributed by atoms with E-state index in [-0.39, 0.29) is 55.3 Å². The van der Waals surface area contributed by atoms with Crippen LogP contribution in [-0.4, -0.2) is 91.2 Å². The summed E-state index contributed by atoms with van der Waals surface area (Å²) in [6.07, 6.45) is 2.00. The number of piperidine rings is 1. The number of ether oxygens (including phenoxy) is 1. The molecular formula is C30H37F2N5O4. The Morgan fingerprint density at radius 2 is 1.76 bits per heavy atom. The highest BCUT2D eigenvalue weighted by atomic mass is 19.2. The summed E-state index contributed by atoms with van der Waals surface area (Å²) in [5, 5.41) is 5.95. The van der Waals surface area contributed by atoms with Crippen LogP contribution in [0.2, 0.25) is 0 Å². The Morgan fingerprint density at radius 3 is 2.49 bits per heavy atom. The normalized spacial score (nSPS) is 23.9. The minimum atomic E-state index is -0.920. The topological polar surface area (TPSA) is 94.2 Å². The van der Waals surface area contributed by atoms with Gasteiger partial charge in [-0.2, -0.15) is 0 Å². The first-order valence-electron chi connectivity index (χ1n) is 14.2. The summed E-state index contributed by atoms with van der Waals surface area (Å²) in [7, 11) is 1.53. The van der Waals surface area contributed by atoms with Crippen LogP contribution in [0.5, 0.6) is 0 Å². The molecule has 3 aliphatic heterocycles. The molecule has 2 aromatic carbocycles. The zero-order chi connectivity index (χ0) is 28.9. The van der Waals surface area contributed by atoms with Crippen LogP contribution in [0.1, 0.15) is 48.8 Å². The minimum absolute atomic E-state index is 0.0266. The van der Waals surface area contributed by atoms with Crippen molar-refractivity contribution in [2.75, 3.05) is 46.4 Å². The van der Waals surface area contributed by atoms with E-state index in [9.17, 15) is 23.2 Å². The number of rotatable bonds is 7. The number of nitrogens with zero attached hydrogens (tertiary/aromatic N) is 3. The molecule has 3 heterocycles. The molecule has 1 unspecified atom stereocenters. The lowest BCUT2D eigenvalue weighted by Gasteiger charge is -2.37. The van der Waals surface area contributed by atoms with Crippen LogP contribution >= 0.6 is 0 Å². The number of likely N-dealkylation sites (tertiary alicyclic amines) is 2. The number of halogens is 2. The van der Waals surface area contributed by atoms with E-state index in [1.807, 2.05) is 35.2 Å². The van der Waals surface area contributed by atoms with Gasteiger partial charge in [-0.3, -0.25) is 4.79 Å². The maximum Gasteiger partial charge on any atom is 0.318 e. The number of nitrogens with one attached hydrogen (secondary N) is 2. The van der Waals surface area contributed by atoms with Gasteiger partial charge in [0, 0.05) is 51.8 Å². The molecule has 41 heavy (non-hydrogen) atoms. The summed E-state index contributed by atoms with van der Waals surface area (Å²) in [6.45, 7) is 2.28. The van der Waals surface area contributed by atoms with Crippen molar-refractivity contribution in [3.05, 3.63) is 71.3 Å². The van der Waals surface area contributed by atoms with E-state index in [0.717, 1.165) is 11.6 Å². The highest BCUT2D eigenvalue weighted by Crippen LogP contribution is 2.30. The van der Waals surface area contributed by atoms with Crippen LogP contribution < -0.4 is 10.6 Å². The number of hydrogen-bond donors (Lipinski definition) is 2. The second kappa shape index (κ2) is 12.8. The third kappa shape index (κ3) is 6.45.